The summed E-state index contributed by atoms with van der Waals surface area (Å²) in [6, 6.07) is 19.3. The van der Waals surface area contributed by atoms with Gasteiger partial charge in [0.1, 0.15) is 42.6 Å². The van der Waals surface area contributed by atoms with E-state index in [-0.39, 0.29) is 13.2 Å². The molecule has 1 N–H and O–H groups in total. The minimum Gasteiger partial charge on any atom is -0.493 e. The van der Waals surface area contributed by atoms with Crippen LogP contribution in [0.5, 0.6) is 17.2 Å². The molecule has 0 radical (unpaired) electrons. The number of halogens is 1. The van der Waals surface area contributed by atoms with Gasteiger partial charge < -0.3 is 29.0 Å². The molecule has 0 saturated carbocycles. The molecule has 0 aliphatic carbocycles. The third-order valence-electron chi connectivity index (χ3n) is 10.5. The Morgan fingerprint density at radius 1 is 0.926 bits per heavy atom. The average molecular weight is 753 g/mol. The molecule has 0 amide bonds. The van der Waals surface area contributed by atoms with Crippen LogP contribution in [0.4, 0.5) is 0 Å². The second kappa shape index (κ2) is 18.6. The number of aliphatic carboxylic acids is 1. The number of likely N-dealkylation sites (tertiary alicyclic amines) is 2. The molecule has 54 heavy (non-hydrogen) atoms. The number of pyridine rings is 1. The fourth-order valence-electron chi connectivity index (χ4n) is 7.42. The van der Waals surface area contributed by atoms with Crippen LogP contribution < -0.4 is 14.2 Å². The lowest BCUT2D eigenvalue weighted by Gasteiger charge is -2.33. The van der Waals surface area contributed by atoms with Crippen molar-refractivity contribution in [3.63, 3.8) is 0 Å². The maximum absolute atomic E-state index is 12.1. The third-order valence-corrected chi connectivity index (χ3v) is 10.8. The summed E-state index contributed by atoms with van der Waals surface area (Å²) in [4.78, 5) is 20.6. The molecule has 0 bridgehead atoms. The number of carboxylic acid groups (broad SMARTS) is 1. The van der Waals surface area contributed by atoms with Gasteiger partial charge in [-0.25, -0.2) is 0 Å². The predicted octanol–water partition coefficient (Wildman–Crippen LogP) is 7.98. The van der Waals surface area contributed by atoms with E-state index >= 15 is 0 Å². The Kier molecular flexibility index (Phi) is 13.4. The Labute approximate surface area is 323 Å². The Bertz CT molecular complexity index is 1970. The van der Waals surface area contributed by atoms with E-state index in [4.69, 9.17) is 30.5 Å². The molecule has 4 aromatic rings. The van der Waals surface area contributed by atoms with Gasteiger partial charge in [0.05, 0.1) is 23.3 Å². The molecule has 2 aliphatic rings. The predicted molar refractivity (Wildman–Crippen MR) is 208 cm³/mol. The van der Waals surface area contributed by atoms with Crippen molar-refractivity contribution in [2.75, 3.05) is 39.9 Å². The van der Waals surface area contributed by atoms with Crippen molar-refractivity contribution in [1.29, 1.82) is 5.26 Å². The summed E-state index contributed by atoms with van der Waals surface area (Å²) in [6.07, 6.45) is 7.93. The molecular formula is C43H49ClN4O6. The first-order chi connectivity index (χ1) is 26.2. The zero-order valence-corrected chi connectivity index (χ0v) is 32.1. The lowest BCUT2D eigenvalue weighted by atomic mass is 9.93. The molecule has 3 aromatic carbocycles. The van der Waals surface area contributed by atoms with Crippen molar-refractivity contribution in [2.24, 2.45) is 0 Å². The molecular weight excluding hydrogens is 704 g/mol. The van der Waals surface area contributed by atoms with Crippen LogP contribution in [0.2, 0.25) is 5.02 Å². The van der Waals surface area contributed by atoms with Crippen molar-refractivity contribution in [1.82, 2.24) is 14.8 Å². The largest absolute Gasteiger partial charge is 0.493 e. The van der Waals surface area contributed by atoms with Gasteiger partial charge >= 0.3 is 5.97 Å². The van der Waals surface area contributed by atoms with E-state index in [1.54, 1.807) is 25.4 Å². The minimum atomic E-state index is -0.830. The summed E-state index contributed by atoms with van der Waals surface area (Å²) in [5.41, 5.74) is 7.35. The summed E-state index contributed by atoms with van der Waals surface area (Å²) in [6.45, 7) is 9.38. The van der Waals surface area contributed by atoms with E-state index < -0.39 is 12.0 Å². The Balaban J connectivity index is 1.17. The monoisotopic (exact) mass is 752 g/mol. The van der Waals surface area contributed by atoms with E-state index in [2.05, 4.69) is 48.0 Å². The first-order valence-electron chi connectivity index (χ1n) is 18.7. The van der Waals surface area contributed by atoms with Gasteiger partial charge in [-0.2, -0.15) is 5.26 Å². The Morgan fingerprint density at radius 2 is 1.72 bits per heavy atom. The highest BCUT2D eigenvalue weighted by atomic mass is 35.5. The van der Waals surface area contributed by atoms with Crippen LogP contribution in [0.3, 0.4) is 0 Å². The lowest BCUT2D eigenvalue weighted by Crippen LogP contribution is -2.44. The van der Waals surface area contributed by atoms with Crippen molar-refractivity contribution >= 4 is 17.6 Å². The molecule has 0 spiro atoms. The first kappa shape index (κ1) is 39.0. The highest BCUT2D eigenvalue weighted by Gasteiger charge is 2.29. The Morgan fingerprint density at radius 3 is 2.50 bits per heavy atom. The van der Waals surface area contributed by atoms with Gasteiger partial charge in [0.15, 0.2) is 0 Å². The smallest absolute Gasteiger partial charge is 0.320 e. The van der Waals surface area contributed by atoms with Crippen LogP contribution in [0.25, 0.3) is 11.1 Å². The number of nitrogens with zero attached hydrogens (tertiary/aromatic N) is 4. The van der Waals surface area contributed by atoms with Gasteiger partial charge in [-0.1, -0.05) is 48.4 Å². The molecule has 284 valence electrons. The van der Waals surface area contributed by atoms with Gasteiger partial charge in [-0.3, -0.25) is 14.7 Å². The molecule has 2 atom stereocenters. The zero-order valence-electron chi connectivity index (χ0n) is 31.4. The maximum Gasteiger partial charge on any atom is 0.320 e. The number of hydrogen-bond donors (Lipinski definition) is 1. The number of carbonyl (C=O) groups is 1. The first-order valence-corrected chi connectivity index (χ1v) is 19.1. The van der Waals surface area contributed by atoms with E-state index in [9.17, 15) is 15.2 Å². The molecule has 10 nitrogen and oxygen atoms in total. The number of aromatic nitrogens is 1. The summed E-state index contributed by atoms with van der Waals surface area (Å²) in [7, 11) is 1.79. The van der Waals surface area contributed by atoms with Crippen molar-refractivity contribution < 1.29 is 28.8 Å². The number of benzene rings is 3. The molecule has 1 unspecified atom stereocenters. The quantitative estimate of drug-likeness (QED) is 0.113. The van der Waals surface area contributed by atoms with Crippen molar-refractivity contribution in [3.8, 4) is 34.4 Å². The highest BCUT2D eigenvalue weighted by Crippen LogP contribution is 2.37. The summed E-state index contributed by atoms with van der Waals surface area (Å²) in [5, 5.41) is 19.7. The van der Waals surface area contributed by atoms with Crippen LogP contribution in [-0.2, 0) is 29.3 Å². The van der Waals surface area contributed by atoms with E-state index in [1.807, 2.05) is 29.2 Å². The standard InChI is InChI=1S/C43H49ClN4O6/c1-29-33(9-6-10-36(29)37-11-7-13-40(30(37)2)52-18-8-15-47-17-14-35(26-47)51-3)28-54-42-21-41(53-27-32-19-31(22-45)23-46-24-32)34(20-38(42)44)25-48-16-5-4-12-39(48)43(49)50/h6-7,9-11,13,19-21,23-24,35,39H,4-5,8,12,14-18,25-28H2,1-3H3,(H,49,50)/t35?,39-/m0/s1. The third kappa shape index (κ3) is 9.71. The van der Waals surface area contributed by atoms with Crippen LogP contribution >= 0.6 is 11.6 Å². The van der Waals surface area contributed by atoms with Crippen molar-refractivity contribution in [2.45, 2.75) is 77.9 Å². The van der Waals surface area contributed by atoms with Gasteiger partial charge in [0, 0.05) is 62.9 Å². The number of hydrogen-bond acceptors (Lipinski definition) is 9. The fourth-order valence-corrected chi connectivity index (χ4v) is 7.67. The number of carboxylic acids is 1. The average Bonchev–Trinajstić information content (AvgIpc) is 3.65. The molecule has 2 aliphatic heterocycles. The highest BCUT2D eigenvalue weighted by molar-refractivity contribution is 6.32. The fraction of sp³-hybridized carbons (Fsp3) is 0.419. The lowest BCUT2D eigenvalue weighted by molar-refractivity contribution is -0.144. The molecule has 2 saturated heterocycles. The van der Waals surface area contributed by atoms with Crippen LogP contribution in [0.1, 0.15) is 65.5 Å². The topological polar surface area (TPSA) is 117 Å². The Hall–Kier alpha value is -4.66. The molecule has 6 rings (SSSR count). The van der Waals surface area contributed by atoms with E-state index in [1.165, 1.54) is 6.20 Å². The number of rotatable bonds is 16. The van der Waals surface area contributed by atoms with E-state index in [0.29, 0.717) is 54.3 Å². The van der Waals surface area contributed by atoms with Gasteiger partial charge in [0.2, 0.25) is 0 Å². The van der Waals surface area contributed by atoms with Gasteiger partial charge in [-0.05, 0) is 92.1 Å². The number of ether oxygens (including phenoxy) is 4. The number of nitriles is 1. The molecule has 1 aromatic heterocycles. The van der Waals surface area contributed by atoms with Gasteiger partial charge in [-0.15, -0.1) is 0 Å². The second-order valence-corrected chi connectivity index (χ2v) is 14.6. The SMILES string of the molecule is COC1CCN(CCCOc2cccc(-c3cccc(COc4cc(OCc5cncc(C#N)c5)c(CN5CCCC[C@H]5C(=O)O)cc4Cl)c3C)c2C)C1. The molecule has 11 heteroatoms. The van der Waals surface area contributed by atoms with Crippen LogP contribution in [0.15, 0.2) is 67.0 Å². The second-order valence-electron chi connectivity index (χ2n) is 14.1. The normalized spacial score (nSPS) is 17.6. The van der Waals surface area contributed by atoms with Gasteiger partial charge in [0.25, 0.3) is 0 Å². The summed E-state index contributed by atoms with van der Waals surface area (Å²) >= 11 is 6.86. The van der Waals surface area contributed by atoms with Crippen molar-refractivity contribution in [3.05, 3.63) is 105 Å². The minimum absolute atomic E-state index is 0.162. The maximum atomic E-state index is 12.1. The van der Waals surface area contributed by atoms with Crippen LogP contribution in [0, 0.1) is 25.2 Å². The summed E-state index contributed by atoms with van der Waals surface area (Å²) < 4.78 is 24.5. The summed E-state index contributed by atoms with van der Waals surface area (Å²) in [5.74, 6) is 1.04. The number of methoxy groups -OCH3 is 1. The van der Waals surface area contributed by atoms with Crippen LogP contribution in [-0.4, -0.2) is 77.9 Å². The molecule has 2 fully saturated rings. The van der Waals surface area contributed by atoms with E-state index in [0.717, 1.165) is 90.0 Å². The number of piperidine rings is 1. The molecule has 3 heterocycles. The zero-order chi connectivity index (χ0) is 38.0.